The monoisotopic (exact) mass is 440 g/mol. The number of tetrazole rings is 1. The number of para-hydroxylation sites is 1. The standard InChI is InChI=1S/C23H24N10/c1-3-14(2)33-21-19(12-26-33)27-23(32-13-25-30-31-32)29-22(21)28-20(15-8-9-15)17-10-16-6-4-5-7-18(16)24-11-17/h4-7,10-15,20H,3,8-9H2,1-2H3,(H,27,28,29)/t14?,20-/m1/s1. The summed E-state index contributed by atoms with van der Waals surface area (Å²) in [5, 5.41) is 20.9. The van der Waals surface area contributed by atoms with E-state index in [0.29, 0.717) is 11.9 Å². The fourth-order valence-electron chi connectivity index (χ4n) is 4.22. The summed E-state index contributed by atoms with van der Waals surface area (Å²) in [7, 11) is 0. The SMILES string of the molecule is CCC(C)n1ncc2nc(-n3cnnn3)nc(N[C@@H](c3cnc4ccccc4c3)C3CC3)c21. The molecule has 5 aromatic rings. The molecule has 10 nitrogen and oxygen atoms in total. The molecule has 2 atom stereocenters. The lowest BCUT2D eigenvalue weighted by atomic mass is 10.0. The van der Waals surface area contributed by atoms with Crippen LogP contribution in [0.2, 0.25) is 0 Å². The van der Waals surface area contributed by atoms with Crippen LogP contribution in [0.3, 0.4) is 0 Å². The van der Waals surface area contributed by atoms with Crippen molar-refractivity contribution < 1.29 is 0 Å². The van der Waals surface area contributed by atoms with Crippen molar-refractivity contribution in [2.75, 3.05) is 5.32 Å². The maximum atomic E-state index is 4.85. The lowest BCUT2D eigenvalue weighted by Gasteiger charge is -2.21. The molecule has 0 amide bonds. The quantitative estimate of drug-likeness (QED) is 0.406. The van der Waals surface area contributed by atoms with E-state index in [0.717, 1.165) is 39.7 Å². The Kier molecular flexibility index (Phi) is 4.70. The number of pyridine rings is 1. The van der Waals surface area contributed by atoms with Crippen LogP contribution in [0.4, 0.5) is 5.82 Å². The van der Waals surface area contributed by atoms with E-state index in [1.807, 2.05) is 29.1 Å². The number of benzene rings is 1. The molecule has 0 spiro atoms. The Morgan fingerprint density at radius 3 is 2.79 bits per heavy atom. The molecule has 1 fully saturated rings. The lowest BCUT2D eigenvalue weighted by Crippen LogP contribution is -2.17. The van der Waals surface area contributed by atoms with Gasteiger partial charge in [-0.25, -0.2) is 4.98 Å². The summed E-state index contributed by atoms with van der Waals surface area (Å²) < 4.78 is 3.47. The second kappa shape index (κ2) is 7.88. The molecule has 10 heteroatoms. The van der Waals surface area contributed by atoms with E-state index in [1.165, 1.54) is 23.9 Å². The fourth-order valence-corrected chi connectivity index (χ4v) is 4.22. The summed E-state index contributed by atoms with van der Waals surface area (Å²) in [5.74, 6) is 1.66. The highest BCUT2D eigenvalue weighted by Crippen LogP contribution is 2.43. The molecular formula is C23H24N10. The van der Waals surface area contributed by atoms with Crippen LogP contribution in [-0.4, -0.2) is 44.9 Å². The van der Waals surface area contributed by atoms with E-state index in [4.69, 9.17) is 9.97 Å². The first kappa shape index (κ1) is 19.7. The highest BCUT2D eigenvalue weighted by atomic mass is 15.6. The van der Waals surface area contributed by atoms with E-state index < -0.39 is 0 Å². The van der Waals surface area contributed by atoms with Gasteiger partial charge in [0.1, 0.15) is 17.4 Å². The molecule has 0 aliphatic heterocycles. The Labute approximate surface area is 190 Å². The average Bonchev–Trinajstić information content (AvgIpc) is 3.36. The van der Waals surface area contributed by atoms with Crippen LogP contribution in [0, 0.1) is 5.92 Å². The molecule has 6 rings (SSSR count). The zero-order valence-electron chi connectivity index (χ0n) is 18.5. The maximum Gasteiger partial charge on any atom is 0.256 e. The largest absolute Gasteiger partial charge is 0.361 e. The zero-order chi connectivity index (χ0) is 22.4. The van der Waals surface area contributed by atoms with Gasteiger partial charge in [-0.2, -0.15) is 14.8 Å². The van der Waals surface area contributed by atoms with Crippen LogP contribution < -0.4 is 5.32 Å². The summed E-state index contributed by atoms with van der Waals surface area (Å²) >= 11 is 0. The van der Waals surface area contributed by atoms with Crippen LogP contribution in [0.25, 0.3) is 27.9 Å². The van der Waals surface area contributed by atoms with Gasteiger partial charge in [0, 0.05) is 17.6 Å². The summed E-state index contributed by atoms with van der Waals surface area (Å²) in [6, 6.07) is 10.7. The van der Waals surface area contributed by atoms with Crippen molar-refractivity contribution in [2.24, 2.45) is 5.92 Å². The number of fused-ring (bicyclic) bond motifs is 2. The average molecular weight is 441 g/mol. The van der Waals surface area contributed by atoms with Crippen LogP contribution in [0.5, 0.6) is 0 Å². The summed E-state index contributed by atoms with van der Waals surface area (Å²) in [4.78, 5) is 14.2. The summed E-state index contributed by atoms with van der Waals surface area (Å²) in [5.41, 5.74) is 3.79. The van der Waals surface area contributed by atoms with Gasteiger partial charge in [-0.15, -0.1) is 5.10 Å². The van der Waals surface area contributed by atoms with Crippen LogP contribution in [0.1, 0.15) is 50.8 Å². The van der Waals surface area contributed by atoms with Gasteiger partial charge < -0.3 is 5.32 Å². The highest BCUT2D eigenvalue weighted by Gasteiger charge is 2.34. The highest BCUT2D eigenvalue weighted by molar-refractivity contribution is 5.86. The third kappa shape index (κ3) is 3.57. The van der Waals surface area contributed by atoms with Gasteiger partial charge in [0.05, 0.1) is 17.8 Å². The van der Waals surface area contributed by atoms with E-state index in [9.17, 15) is 0 Å². The summed E-state index contributed by atoms with van der Waals surface area (Å²) in [6.45, 7) is 4.30. The van der Waals surface area contributed by atoms with E-state index in [-0.39, 0.29) is 12.1 Å². The van der Waals surface area contributed by atoms with Crippen LogP contribution in [0.15, 0.2) is 49.1 Å². The minimum absolute atomic E-state index is 0.0854. The molecule has 33 heavy (non-hydrogen) atoms. The molecule has 1 aromatic carbocycles. The van der Waals surface area contributed by atoms with Crippen molar-refractivity contribution in [3.8, 4) is 5.95 Å². The number of anilines is 1. The number of rotatable bonds is 7. The molecule has 0 radical (unpaired) electrons. The van der Waals surface area contributed by atoms with Gasteiger partial charge in [0.15, 0.2) is 5.82 Å². The van der Waals surface area contributed by atoms with Crippen molar-refractivity contribution in [2.45, 2.75) is 45.2 Å². The van der Waals surface area contributed by atoms with E-state index in [2.05, 4.69) is 56.9 Å². The number of hydrogen-bond donors (Lipinski definition) is 1. The van der Waals surface area contributed by atoms with Gasteiger partial charge >= 0.3 is 0 Å². The normalized spacial score (nSPS) is 15.7. The molecular weight excluding hydrogens is 416 g/mol. The van der Waals surface area contributed by atoms with Crippen LogP contribution >= 0.6 is 0 Å². The first-order valence-corrected chi connectivity index (χ1v) is 11.3. The molecule has 166 valence electrons. The molecule has 4 heterocycles. The van der Waals surface area contributed by atoms with Gasteiger partial charge in [-0.1, -0.05) is 25.1 Å². The van der Waals surface area contributed by atoms with Gasteiger partial charge in [-0.3, -0.25) is 9.67 Å². The summed E-state index contributed by atoms with van der Waals surface area (Å²) in [6.07, 6.45) is 8.55. The molecule has 4 aromatic heterocycles. The number of hydrogen-bond acceptors (Lipinski definition) is 8. The maximum absolute atomic E-state index is 4.85. The van der Waals surface area contributed by atoms with Crippen molar-refractivity contribution in [1.82, 2.24) is 44.9 Å². The Bertz CT molecular complexity index is 1420. The van der Waals surface area contributed by atoms with E-state index >= 15 is 0 Å². The van der Waals surface area contributed by atoms with Gasteiger partial charge in [0.2, 0.25) is 0 Å². The van der Waals surface area contributed by atoms with E-state index in [1.54, 1.807) is 6.20 Å². The van der Waals surface area contributed by atoms with Gasteiger partial charge in [-0.05, 0) is 60.2 Å². The second-order valence-electron chi connectivity index (χ2n) is 8.63. The lowest BCUT2D eigenvalue weighted by molar-refractivity contribution is 0.492. The molecule has 1 aliphatic rings. The topological polar surface area (TPSA) is 112 Å². The van der Waals surface area contributed by atoms with Crippen molar-refractivity contribution in [3.05, 3.63) is 54.6 Å². The molecule has 1 N–H and O–H groups in total. The third-order valence-corrected chi connectivity index (χ3v) is 6.35. The number of aromatic nitrogens is 9. The molecule has 1 unspecified atom stereocenters. The minimum Gasteiger partial charge on any atom is -0.361 e. The molecule has 0 saturated heterocycles. The third-order valence-electron chi connectivity index (χ3n) is 6.35. The smallest absolute Gasteiger partial charge is 0.256 e. The van der Waals surface area contributed by atoms with Crippen molar-refractivity contribution in [3.63, 3.8) is 0 Å². The number of nitrogens with one attached hydrogen (secondary N) is 1. The fraction of sp³-hybridized carbons (Fsp3) is 0.348. The Balaban J connectivity index is 1.48. The molecule has 1 saturated carbocycles. The molecule has 1 aliphatic carbocycles. The first-order valence-electron chi connectivity index (χ1n) is 11.3. The zero-order valence-corrected chi connectivity index (χ0v) is 18.5. The second-order valence-corrected chi connectivity index (χ2v) is 8.63. The number of nitrogens with zero attached hydrogens (tertiary/aromatic N) is 9. The predicted octanol–water partition coefficient (Wildman–Crippen LogP) is 3.88. The Morgan fingerprint density at radius 1 is 1.12 bits per heavy atom. The minimum atomic E-state index is 0.0854. The Morgan fingerprint density at radius 2 is 2.00 bits per heavy atom. The molecule has 0 bridgehead atoms. The first-order chi connectivity index (χ1) is 16.2. The van der Waals surface area contributed by atoms with Crippen molar-refractivity contribution in [1.29, 1.82) is 0 Å². The predicted molar refractivity (Wildman–Crippen MR) is 124 cm³/mol. The van der Waals surface area contributed by atoms with Crippen molar-refractivity contribution >= 4 is 27.8 Å². The van der Waals surface area contributed by atoms with Gasteiger partial charge in [0.25, 0.3) is 5.95 Å². The Hall–Kier alpha value is -3.95. The van der Waals surface area contributed by atoms with Crippen LogP contribution in [-0.2, 0) is 0 Å².